The smallest absolute Gasteiger partial charge is 0.274 e. The van der Waals surface area contributed by atoms with Crippen LogP contribution >= 0.6 is 0 Å². The molecule has 0 aliphatic heterocycles. The molecule has 5 heteroatoms. The van der Waals surface area contributed by atoms with Crippen molar-refractivity contribution in [2.75, 3.05) is 0 Å². The molecule has 0 aliphatic carbocycles. The van der Waals surface area contributed by atoms with E-state index in [1.807, 2.05) is 19.2 Å². The first-order valence-electron chi connectivity index (χ1n) is 6.75. The third-order valence-corrected chi connectivity index (χ3v) is 3.13. The molecule has 0 fully saturated rings. The van der Waals surface area contributed by atoms with E-state index >= 15 is 0 Å². The van der Waals surface area contributed by atoms with Crippen LogP contribution in [0.5, 0.6) is 0 Å². The zero-order valence-corrected chi connectivity index (χ0v) is 12.3. The second-order valence-corrected chi connectivity index (χ2v) is 5.09. The summed E-state index contributed by atoms with van der Waals surface area (Å²) in [7, 11) is 0. The van der Waals surface area contributed by atoms with Gasteiger partial charge in [0.2, 0.25) is 0 Å². The summed E-state index contributed by atoms with van der Waals surface area (Å²) in [6, 6.07) is 8.13. The van der Waals surface area contributed by atoms with E-state index in [0.29, 0.717) is 6.04 Å². The van der Waals surface area contributed by atoms with Crippen LogP contribution in [-0.2, 0) is 0 Å². The number of halogens is 1. The number of carbonyl (C=O) groups is 1. The maximum atomic E-state index is 13.4. The largest absolute Gasteiger partial charge is 0.349 e. The first-order chi connectivity index (χ1) is 9.99. The molecule has 110 valence electrons. The van der Waals surface area contributed by atoms with Gasteiger partial charge in [0.1, 0.15) is 5.82 Å². The Morgan fingerprint density at radius 1 is 1.38 bits per heavy atom. The van der Waals surface area contributed by atoms with Crippen molar-refractivity contribution in [1.82, 2.24) is 9.99 Å². The van der Waals surface area contributed by atoms with Gasteiger partial charge in [0.25, 0.3) is 5.91 Å². The molecule has 1 aromatic heterocycles. The van der Waals surface area contributed by atoms with Gasteiger partial charge in [0.15, 0.2) is 0 Å². The summed E-state index contributed by atoms with van der Waals surface area (Å²) < 4.78 is 15.5. The molecule has 0 atom stereocenters. The van der Waals surface area contributed by atoms with Gasteiger partial charge in [-0.3, -0.25) is 4.79 Å². The van der Waals surface area contributed by atoms with E-state index in [2.05, 4.69) is 28.9 Å². The van der Waals surface area contributed by atoms with Crippen molar-refractivity contribution < 1.29 is 9.18 Å². The average Bonchev–Trinajstić information content (AvgIpc) is 2.80. The Hall–Kier alpha value is -2.43. The molecule has 2 rings (SSSR count). The number of nitrogens with one attached hydrogen (secondary N) is 1. The number of hydrazone groups is 1. The number of aromatic nitrogens is 1. The number of carbonyl (C=O) groups excluding carboxylic acids is 1. The molecule has 1 N–H and O–H groups in total. The van der Waals surface area contributed by atoms with Crippen LogP contribution in [0.1, 0.15) is 41.5 Å². The molecular formula is C16H18FN3O. The maximum absolute atomic E-state index is 13.4. The summed E-state index contributed by atoms with van der Waals surface area (Å²) in [5, 5.41) is 3.87. The van der Waals surface area contributed by atoms with E-state index in [4.69, 9.17) is 0 Å². The van der Waals surface area contributed by atoms with Crippen molar-refractivity contribution in [3.05, 3.63) is 59.2 Å². The van der Waals surface area contributed by atoms with Crippen molar-refractivity contribution >= 4 is 12.1 Å². The Morgan fingerprint density at radius 2 is 2.10 bits per heavy atom. The van der Waals surface area contributed by atoms with Gasteiger partial charge in [-0.25, -0.2) is 9.82 Å². The van der Waals surface area contributed by atoms with Crippen molar-refractivity contribution in [2.45, 2.75) is 26.8 Å². The predicted molar refractivity (Wildman–Crippen MR) is 81.0 cm³/mol. The molecule has 4 nitrogen and oxygen atoms in total. The molecule has 21 heavy (non-hydrogen) atoms. The summed E-state index contributed by atoms with van der Waals surface area (Å²) in [5.41, 5.74) is 4.31. The normalized spacial score (nSPS) is 11.3. The van der Waals surface area contributed by atoms with Crippen molar-refractivity contribution in [3.63, 3.8) is 0 Å². The van der Waals surface area contributed by atoms with Gasteiger partial charge in [0, 0.05) is 23.5 Å². The van der Waals surface area contributed by atoms with E-state index in [0.717, 1.165) is 11.3 Å². The third kappa shape index (κ3) is 3.56. The number of rotatable bonds is 4. The van der Waals surface area contributed by atoms with Crippen LogP contribution in [0.2, 0.25) is 0 Å². The highest BCUT2D eigenvalue weighted by Crippen LogP contribution is 2.12. The lowest BCUT2D eigenvalue weighted by molar-refractivity contribution is 0.0951. The number of nitrogens with zero attached hydrogens (tertiary/aromatic N) is 2. The fraction of sp³-hybridized carbons (Fsp3) is 0.250. The van der Waals surface area contributed by atoms with Crippen LogP contribution < -0.4 is 5.43 Å². The van der Waals surface area contributed by atoms with Crippen LogP contribution in [0.3, 0.4) is 0 Å². The van der Waals surface area contributed by atoms with Crippen LogP contribution in [0.4, 0.5) is 4.39 Å². The third-order valence-electron chi connectivity index (χ3n) is 3.13. The van der Waals surface area contributed by atoms with E-state index in [1.54, 1.807) is 12.3 Å². The summed E-state index contributed by atoms with van der Waals surface area (Å²) in [6.45, 7) is 6.19. The molecule has 0 spiro atoms. The lowest BCUT2D eigenvalue weighted by atomic mass is 10.2. The predicted octanol–water partition coefficient (Wildman–Crippen LogP) is 3.28. The van der Waals surface area contributed by atoms with Crippen LogP contribution in [0.15, 0.2) is 41.6 Å². The summed E-state index contributed by atoms with van der Waals surface area (Å²) in [5.74, 6) is -1.13. The standard InChI is InChI=1S/C16H18FN3O/c1-11(2)20-10-13(8-12(20)3)9-18-19-16(21)14-6-4-5-7-15(14)17/h4-11H,1-3H3,(H,19,21)/b18-9-. The fourth-order valence-electron chi connectivity index (χ4n) is 2.11. The Morgan fingerprint density at radius 3 is 2.71 bits per heavy atom. The van der Waals surface area contributed by atoms with E-state index in [1.165, 1.54) is 18.2 Å². The highest BCUT2D eigenvalue weighted by molar-refractivity contribution is 5.95. The molecule has 2 aromatic rings. The lowest BCUT2D eigenvalue weighted by Gasteiger charge is -2.08. The molecule has 1 aromatic carbocycles. The number of hydrogen-bond acceptors (Lipinski definition) is 2. The number of amides is 1. The van der Waals surface area contributed by atoms with Crippen LogP contribution in [0, 0.1) is 12.7 Å². The molecule has 1 heterocycles. The van der Waals surface area contributed by atoms with E-state index < -0.39 is 11.7 Å². The maximum Gasteiger partial charge on any atom is 0.274 e. The fourth-order valence-corrected chi connectivity index (χ4v) is 2.11. The van der Waals surface area contributed by atoms with Gasteiger partial charge in [0.05, 0.1) is 11.8 Å². The summed E-state index contributed by atoms with van der Waals surface area (Å²) in [4.78, 5) is 11.8. The summed E-state index contributed by atoms with van der Waals surface area (Å²) >= 11 is 0. The van der Waals surface area contributed by atoms with E-state index in [-0.39, 0.29) is 5.56 Å². The topological polar surface area (TPSA) is 46.4 Å². The monoisotopic (exact) mass is 287 g/mol. The van der Waals surface area contributed by atoms with Crippen molar-refractivity contribution in [1.29, 1.82) is 0 Å². The number of aryl methyl sites for hydroxylation is 1. The average molecular weight is 287 g/mol. The molecule has 0 bridgehead atoms. The van der Waals surface area contributed by atoms with Gasteiger partial charge in [-0.2, -0.15) is 5.10 Å². The Kier molecular flexibility index (Phi) is 4.52. The SMILES string of the molecule is Cc1cc(/C=N\NC(=O)c2ccccc2F)cn1C(C)C. The number of benzene rings is 1. The second kappa shape index (κ2) is 6.35. The Balaban J connectivity index is 2.04. The highest BCUT2D eigenvalue weighted by atomic mass is 19.1. The van der Waals surface area contributed by atoms with Crippen LogP contribution in [-0.4, -0.2) is 16.7 Å². The van der Waals surface area contributed by atoms with Crippen LogP contribution in [0.25, 0.3) is 0 Å². The highest BCUT2D eigenvalue weighted by Gasteiger charge is 2.09. The number of hydrogen-bond donors (Lipinski definition) is 1. The molecule has 0 aliphatic rings. The molecule has 0 saturated heterocycles. The van der Waals surface area contributed by atoms with Crippen molar-refractivity contribution in [3.8, 4) is 0 Å². The first-order valence-corrected chi connectivity index (χ1v) is 6.75. The van der Waals surface area contributed by atoms with Gasteiger partial charge < -0.3 is 4.57 Å². The van der Waals surface area contributed by atoms with Gasteiger partial charge in [-0.05, 0) is 39.0 Å². The molecule has 1 amide bonds. The van der Waals surface area contributed by atoms with Gasteiger partial charge in [-0.15, -0.1) is 0 Å². The van der Waals surface area contributed by atoms with Gasteiger partial charge in [-0.1, -0.05) is 12.1 Å². The molecule has 0 unspecified atom stereocenters. The minimum atomic E-state index is -0.565. The molecule has 0 saturated carbocycles. The summed E-state index contributed by atoms with van der Waals surface area (Å²) in [6.07, 6.45) is 3.50. The minimum absolute atomic E-state index is 0.0226. The lowest BCUT2D eigenvalue weighted by Crippen LogP contribution is -2.18. The van der Waals surface area contributed by atoms with E-state index in [9.17, 15) is 9.18 Å². The molecular weight excluding hydrogens is 269 g/mol. The quantitative estimate of drug-likeness (QED) is 0.681. The second-order valence-electron chi connectivity index (χ2n) is 5.09. The Bertz CT molecular complexity index is 674. The van der Waals surface area contributed by atoms with Gasteiger partial charge >= 0.3 is 0 Å². The minimum Gasteiger partial charge on any atom is -0.349 e. The van der Waals surface area contributed by atoms with Crippen molar-refractivity contribution in [2.24, 2.45) is 5.10 Å². The Labute approximate surface area is 123 Å². The molecule has 0 radical (unpaired) electrons. The zero-order chi connectivity index (χ0) is 15.4. The zero-order valence-electron chi connectivity index (χ0n) is 12.3. The first kappa shape index (κ1) is 15.0.